The molecular weight excluding hydrogens is 148 g/mol. The molecule has 0 aliphatic rings. The van der Waals surface area contributed by atoms with Crippen molar-refractivity contribution < 1.29 is 9.53 Å². The highest BCUT2D eigenvalue weighted by molar-refractivity contribution is 8.01. The number of carbonyl (C=O) groups excluding carboxylic acids is 1. The Morgan fingerprint density at radius 1 is 1.70 bits per heavy atom. The molecule has 0 saturated carbocycles. The van der Waals surface area contributed by atoms with Crippen LogP contribution in [-0.2, 0) is 9.53 Å². The first kappa shape index (κ1) is 9.30. The van der Waals surface area contributed by atoms with Gasteiger partial charge in [-0.3, -0.25) is 0 Å². The van der Waals surface area contributed by atoms with Gasteiger partial charge in [0.05, 0.1) is 12.7 Å². The molecule has 0 saturated heterocycles. The average Bonchev–Trinajstić information content (AvgIpc) is 1.98. The van der Waals surface area contributed by atoms with Gasteiger partial charge in [0.25, 0.3) is 0 Å². The van der Waals surface area contributed by atoms with Crippen molar-refractivity contribution in [3.63, 3.8) is 0 Å². The van der Waals surface area contributed by atoms with Crippen LogP contribution in [0.5, 0.6) is 0 Å². The first-order chi connectivity index (χ1) is 4.72. The van der Waals surface area contributed by atoms with Crippen molar-refractivity contribution in [3.8, 4) is 0 Å². The maximum Gasteiger partial charge on any atom is 0.337 e. The number of rotatable bonds is 3. The van der Waals surface area contributed by atoms with E-state index in [2.05, 4.69) is 11.3 Å². The summed E-state index contributed by atoms with van der Waals surface area (Å²) in [7, 11) is 1.33. The molecular formula is C7H10O2S. The minimum absolute atomic E-state index is 0.372. The lowest BCUT2D eigenvalue weighted by molar-refractivity contribution is -0.135. The molecule has 0 aromatic carbocycles. The van der Waals surface area contributed by atoms with Gasteiger partial charge in [-0.2, -0.15) is 0 Å². The molecule has 0 atom stereocenters. The van der Waals surface area contributed by atoms with Crippen LogP contribution in [0.2, 0.25) is 0 Å². The molecule has 0 aromatic heterocycles. The number of thioether (sulfide) groups is 1. The lowest BCUT2D eigenvalue weighted by Crippen LogP contribution is -2.00. The van der Waals surface area contributed by atoms with Gasteiger partial charge in [-0.25, -0.2) is 4.79 Å². The molecule has 10 heavy (non-hydrogen) atoms. The molecule has 0 bridgehead atoms. The molecule has 0 amide bonds. The lowest BCUT2D eigenvalue weighted by atomic mass is 10.3. The Labute approximate surface area is 64.9 Å². The van der Waals surface area contributed by atoms with Crippen LogP contribution in [0.4, 0.5) is 0 Å². The van der Waals surface area contributed by atoms with Crippen LogP contribution in [0.25, 0.3) is 0 Å². The van der Waals surface area contributed by atoms with Gasteiger partial charge in [0, 0.05) is 0 Å². The highest BCUT2D eigenvalue weighted by Crippen LogP contribution is 2.00. The van der Waals surface area contributed by atoms with E-state index in [-0.39, 0.29) is 5.97 Å². The smallest absolute Gasteiger partial charge is 0.337 e. The second-order valence-electron chi connectivity index (χ2n) is 1.56. The van der Waals surface area contributed by atoms with Crippen molar-refractivity contribution >= 4 is 17.7 Å². The van der Waals surface area contributed by atoms with Crippen molar-refractivity contribution in [2.45, 2.75) is 0 Å². The zero-order valence-corrected chi connectivity index (χ0v) is 6.90. The molecule has 0 N–H and O–H groups in total. The zero-order chi connectivity index (χ0) is 7.98. The van der Waals surface area contributed by atoms with E-state index in [1.54, 1.807) is 11.5 Å². The second kappa shape index (κ2) is 5.11. The van der Waals surface area contributed by atoms with Crippen LogP contribution in [-0.4, -0.2) is 19.3 Å². The molecule has 0 aromatic rings. The van der Waals surface area contributed by atoms with E-state index in [0.717, 1.165) is 0 Å². The first-order valence-electron chi connectivity index (χ1n) is 2.69. The van der Waals surface area contributed by atoms with Crippen LogP contribution in [0.3, 0.4) is 0 Å². The number of hydrogen-bond acceptors (Lipinski definition) is 3. The zero-order valence-electron chi connectivity index (χ0n) is 6.09. The Balaban J connectivity index is 3.85. The van der Waals surface area contributed by atoms with Crippen LogP contribution < -0.4 is 0 Å². The van der Waals surface area contributed by atoms with E-state index < -0.39 is 0 Å². The van der Waals surface area contributed by atoms with Crippen molar-refractivity contribution in [1.29, 1.82) is 0 Å². The maximum absolute atomic E-state index is 10.6. The highest BCUT2D eigenvalue weighted by atomic mass is 32.2. The lowest BCUT2D eigenvalue weighted by Gasteiger charge is -1.94. The largest absolute Gasteiger partial charge is 0.465 e. The number of esters is 1. The van der Waals surface area contributed by atoms with Gasteiger partial charge in [0.15, 0.2) is 0 Å². The Kier molecular flexibility index (Phi) is 4.76. The predicted octanol–water partition coefficient (Wildman–Crippen LogP) is 1.59. The summed E-state index contributed by atoms with van der Waals surface area (Å²) in [5.41, 5.74) is 0.372. The third-order valence-corrected chi connectivity index (χ3v) is 1.26. The summed E-state index contributed by atoms with van der Waals surface area (Å²) in [5, 5.41) is 1.78. The molecule has 3 heteroatoms. The van der Waals surface area contributed by atoms with E-state index in [0.29, 0.717) is 5.57 Å². The van der Waals surface area contributed by atoms with Gasteiger partial charge in [0.1, 0.15) is 0 Å². The van der Waals surface area contributed by atoms with Gasteiger partial charge in [-0.15, -0.1) is 11.8 Å². The fraction of sp³-hybridized carbons (Fsp3) is 0.286. The molecule has 0 rings (SSSR count). The Morgan fingerprint density at radius 2 is 2.30 bits per heavy atom. The van der Waals surface area contributed by atoms with Crippen LogP contribution in [0.15, 0.2) is 23.6 Å². The monoisotopic (exact) mass is 158 g/mol. The average molecular weight is 158 g/mol. The van der Waals surface area contributed by atoms with Gasteiger partial charge < -0.3 is 4.74 Å². The number of hydrogen-bond donors (Lipinski definition) is 0. The van der Waals surface area contributed by atoms with Crippen molar-refractivity contribution in [2.24, 2.45) is 0 Å². The molecule has 0 heterocycles. The number of methoxy groups -OCH3 is 1. The van der Waals surface area contributed by atoms with Gasteiger partial charge in [0.2, 0.25) is 0 Å². The fourth-order valence-corrected chi connectivity index (χ4v) is 0.650. The minimum Gasteiger partial charge on any atom is -0.465 e. The maximum atomic E-state index is 10.6. The summed E-state index contributed by atoms with van der Waals surface area (Å²) in [4.78, 5) is 10.6. The molecule has 0 spiro atoms. The van der Waals surface area contributed by atoms with Crippen molar-refractivity contribution in [2.75, 3.05) is 13.4 Å². The van der Waals surface area contributed by atoms with Crippen LogP contribution in [0.1, 0.15) is 0 Å². The van der Waals surface area contributed by atoms with Crippen molar-refractivity contribution in [3.05, 3.63) is 23.6 Å². The Hall–Kier alpha value is -0.700. The molecule has 0 radical (unpaired) electrons. The number of carbonyl (C=O) groups is 1. The second-order valence-corrected chi connectivity index (χ2v) is 2.30. The van der Waals surface area contributed by atoms with Crippen LogP contribution in [0, 0.1) is 0 Å². The van der Waals surface area contributed by atoms with E-state index in [1.807, 2.05) is 6.26 Å². The van der Waals surface area contributed by atoms with E-state index in [4.69, 9.17) is 0 Å². The SMILES string of the molecule is C=C(/C=C\SC)C(=O)OC. The van der Waals surface area contributed by atoms with Crippen molar-refractivity contribution in [1.82, 2.24) is 0 Å². The quantitative estimate of drug-likeness (QED) is 0.354. The minimum atomic E-state index is -0.384. The molecule has 0 aliphatic heterocycles. The Morgan fingerprint density at radius 3 is 2.70 bits per heavy atom. The third-order valence-electron chi connectivity index (χ3n) is 0.853. The van der Waals surface area contributed by atoms with Gasteiger partial charge in [-0.05, 0) is 17.7 Å². The van der Waals surface area contributed by atoms with Gasteiger partial charge in [-0.1, -0.05) is 6.58 Å². The Bertz CT molecular complexity index is 161. The van der Waals surface area contributed by atoms with E-state index in [9.17, 15) is 4.79 Å². The molecule has 0 unspecified atom stereocenters. The summed E-state index contributed by atoms with van der Waals surface area (Å²) in [6, 6.07) is 0. The topological polar surface area (TPSA) is 26.3 Å². The highest BCUT2D eigenvalue weighted by Gasteiger charge is 1.99. The van der Waals surface area contributed by atoms with E-state index in [1.165, 1.54) is 18.9 Å². The van der Waals surface area contributed by atoms with E-state index >= 15 is 0 Å². The molecule has 2 nitrogen and oxygen atoms in total. The summed E-state index contributed by atoms with van der Waals surface area (Å²) >= 11 is 1.51. The summed E-state index contributed by atoms with van der Waals surface area (Å²) < 4.78 is 4.41. The van der Waals surface area contributed by atoms with Gasteiger partial charge >= 0.3 is 5.97 Å². The molecule has 56 valence electrons. The molecule has 0 fully saturated rings. The summed E-state index contributed by atoms with van der Waals surface area (Å²) in [5.74, 6) is -0.384. The third kappa shape index (κ3) is 3.35. The number of ether oxygens (including phenoxy) is 1. The fourth-order valence-electron chi connectivity index (χ4n) is 0.349. The summed E-state index contributed by atoms with van der Waals surface area (Å²) in [6.07, 6.45) is 3.53. The normalized spacial score (nSPS) is 9.80. The first-order valence-corrected chi connectivity index (χ1v) is 3.97. The standard InChI is InChI=1S/C7H10O2S/c1-6(4-5-10-3)7(8)9-2/h4-5H,1H2,2-3H3/b5-4-. The summed E-state index contributed by atoms with van der Waals surface area (Å²) in [6.45, 7) is 3.49. The van der Waals surface area contributed by atoms with Crippen LogP contribution >= 0.6 is 11.8 Å². The molecule has 0 aliphatic carbocycles. The predicted molar refractivity (Wildman–Crippen MR) is 43.8 cm³/mol.